The Morgan fingerprint density at radius 1 is 1.33 bits per heavy atom. The maximum Gasteiger partial charge on any atom is 0.0205 e. The van der Waals surface area contributed by atoms with E-state index in [0.717, 1.165) is 19.1 Å². The van der Waals surface area contributed by atoms with E-state index in [0.29, 0.717) is 0 Å². The second-order valence-electron chi connectivity index (χ2n) is 6.09. The van der Waals surface area contributed by atoms with Gasteiger partial charge in [0.25, 0.3) is 0 Å². The third kappa shape index (κ3) is 6.01. The fraction of sp³-hybridized carbons (Fsp3) is 0.667. The molecule has 1 heterocycles. The molecule has 1 aromatic carbocycles. The molecule has 1 aliphatic heterocycles. The fourth-order valence-corrected chi connectivity index (χ4v) is 4.01. The van der Waals surface area contributed by atoms with Gasteiger partial charge in [-0.05, 0) is 69.3 Å². The van der Waals surface area contributed by atoms with Crippen LogP contribution in [0.25, 0.3) is 0 Å². The maximum atomic E-state index is 3.48. The monoisotopic (exact) mass is 306 g/mol. The molecule has 1 saturated heterocycles. The molecular formula is C18H30N2S. The summed E-state index contributed by atoms with van der Waals surface area (Å²) in [6.07, 6.45) is 6.70. The van der Waals surface area contributed by atoms with E-state index in [9.17, 15) is 0 Å². The zero-order valence-corrected chi connectivity index (χ0v) is 14.4. The Labute approximate surface area is 134 Å². The van der Waals surface area contributed by atoms with Crippen LogP contribution in [-0.4, -0.2) is 36.8 Å². The zero-order valence-electron chi connectivity index (χ0n) is 13.6. The fourth-order valence-electron chi connectivity index (χ4n) is 2.98. The van der Waals surface area contributed by atoms with Crippen LogP contribution in [0.1, 0.15) is 44.6 Å². The predicted octanol–water partition coefficient (Wildman–Crippen LogP) is 4.15. The van der Waals surface area contributed by atoms with Crippen molar-refractivity contribution in [1.29, 1.82) is 0 Å². The third-order valence-electron chi connectivity index (χ3n) is 4.30. The van der Waals surface area contributed by atoms with Gasteiger partial charge in [-0.25, -0.2) is 0 Å². The minimum absolute atomic E-state index is 0.806. The molecule has 118 valence electrons. The van der Waals surface area contributed by atoms with E-state index in [4.69, 9.17) is 0 Å². The van der Waals surface area contributed by atoms with Crippen LogP contribution in [0.3, 0.4) is 0 Å². The second-order valence-corrected chi connectivity index (χ2v) is 7.26. The van der Waals surface area contributed by atoms with Crippen molar-refractivity contribution in [2.24, 2.45) is 0 Å². The summed E-state index contributed by atoms with van der Waals surface area (Å²) in [5.74, 6) is 1.24. The van der Waals surface area contributed by atoms with E-state index in [2.05, 4.69) is 48.5 Å². The molecule has 1 aromatic rings. The van der Waals surface area contributed by atoms with Gasteiger partial charge in [0.15, 0.2) is 0 Å². The van der Waals surface area contributed by atoms with E-state index < -0.39 is 0 Å². The number of hydrogen-bond donors (Lipinski definition) is 1. The van der Waals surface area contributed by atoms with Gasteiger partial charge in [-0.2, -0.15) is 0 Å². The van der Waals surface area contributed by atoms with E-state index in [1.165, 1.54) is 54.9 Å². The van der Waals surface area contributed by atoms with Gasteiger partial charge in [0.2, 0.25) is 0 Å². The summed E-state index contributed by atoms with van der Waals surface area (Å²) in [6.45, 7) is 5.59. The van der Waals surface area contributed by atoms with Crippen molar-refractivity contribution >= 4 is 11.8 Å². The Kier molecular flexibility index (Phi) is 7.62. The number of likely N-dealkylation sites (tertiary alicyclic amines) is 1. The Morgan fingerprint density at radius 3 is 3.05 bits per heavy atom. The molecule has 0 aromatic heterocycles. The van der Waals surface area contributed by atoms with E-state index in [-0.39, 0.29) is 0 Å². The number of nitrogens with one attached hydrogen (secondary N) is 1. The van der Waals surface area contributed by atoms with Crippen molar-refractivity contribution in [1.82, 2.24) is 10.2 Å². The maximum absolute atomic E-state index is 3.48. The van der Waals surface area contributed by atoms with Crippen molar-refractivity contribution in [3.05, 3.63) is 29.8 Å². The van der Waals surface area contributed by atoms with Crippen LogP contribution in [0.15, 0.2) is 29.2 Å². The number of benzene rings is 1. The zero-order chi connectivity index (χ0) is 14.9. The van der Waals surface area contributed by atoms with Gasteiger partial charge in [-0.3, -0.25) is 0 Å². The highest BCUT2D eigenvalue weighted by Crippen LogP contribution is 2.24. The van der Waals surface area contributed by atoms with E-state index in [1.54, 1.807) is 0 Å². The van der Waals surface area contributed by atoms with Gasteiger partial charge < -0.3 is 10.2 Å². The molecule has 0 spiro atoms. The lowest BCUT2D eigenvalue weighted by Gasteiger charge is -2.32. The highest BCUT2D eigenvalue weighted by atomic mass is 32.2. The van der Waals surface area contributed by atoms with Crippen LogP contribution in [-0.2, 0) is 6.54 Å². The summed E-state index contributed by atoms with van der Waals surface area (Å²) in [5.41, 5.74) is 1.41. The van der Waals surface area contributed by atoms with Crippen molar-refractivity contribution in [3.63, 3.8) is 0 Å². The van der Waals surface area contributed by atoms with Crippen LogP contribution < -0.4 is 5.32 Å². The summed E-state index contributed by atoms with van der Waals surface area (Å²) in [6, 6.07) is 9.82. The molecular weight excluding hydrogens is 276 g/mol. The predicted molar refractivity (Wildman–Crippen MR) is 94.0 cm³/mol. The van der Waals surface area contributed by atoms with Crippen molar-refractivity contribution < 1.29 is 0 Å². The highest BCUT2D eigenvalue weighted by Gasteiger charge is 2.18. The van der Waals surface area contributed by atoms with Gasteiger partial charge in [-0.15, -0.1) is 11.8 Å². The quantitative estimate of drug-likeness (QED) is 0.574. The van der Waals surface area contributed by atoms with Crippen molar-refractivity contribution in [3.8, 4) is 0 Å². The molecule has 1 aliphatic rings. The van der Waals surface area contributed by atoms with Crippen LogP contribution >= 0.6 is 11.8 Å². The number of thioether (sulfide) groups is 1. The Bertz CT molecular complexity index is 408. The number of nitrogens with zero attached hydrogens (tertiary/aromatic N) is 1. The molecule has 0 saturated carbocycles. The summed E-state index contributed by atoms with van der Waals surface area (Å²) in [5, 5.41) is 3.48. The molecule has 2 nitrogen and oxygen atoms in total. The molecule has 2 rings (SSSR count). The third-order valence-corrected chi connectivity index (χ3v) is 5.32. The topological polar surface area (TPSA) is 15.3 Å². The second kappa shape index (κ2) is 9.50. The van der Waals surface area contributed by atoms with E-state index >= 15 is 0 Å². The van der Waals surface area contributed by atoms with Crippen LogP contribution in [0.4, 0.5) is 0 Å². The molecule has 1 N–H and O–H groups in total. The first-order chi connectivity index (χ1) is 10.3. The highest BCUT2D eigenvalue weighted by molar-refractivity contribution is 7.99. The average molecular weight is 307 g/mol. The number of hydrogen-bond acceptors (Lipinski definition) is 3. The number of piperidine rings is 1. The first-order valence-corrected chi connectivity index (χ1v) is 9.41. The molecule has 1 atom stereocenters. The van der Waals surface area contributed by atoms with Gasteiger partial charge in [0.1, 0.15) is 0 Å². The first kappa shape index (κ1) is 16.9. The normalized spacial score (nSPS) is 19.8. The molecule has 1 unspecified atom stereocenters. The Hall–Kier alpha value is -0.510. The summed E-state index contributed by atoms with van der Waals surface area (Å²) < 4.78 is 0. The smallest absolute Gasteiger partial charge is 0.0205 e. The van der Waals surface area contributed by atoms with Crippen molar-refractivity contribution in [2.45, 2.75) is 56.5 Å². The molecule has 1 fully saturated rings. The van der Waals surface area contributed by atoms with Crippen molar-refractivity contribution in [2.75, 3.05) is 25.9 Å². The van der Waals surface area contributed by atoms with E-state index in [1.807, 2.05) is 11.8 Å². The Balaban J connectivity index is 1.73. The largest absolute Gasteiger partial charge is 0.313 e. The lowest BCUT2D eigenvalue weighted by atomic mass is 10.0. The molecule has 0 radical (unpaired) electrons. The standard InChI is InChI=1S/C18H30N2S/c1-3-11-19-15-16-7-6-9-18(14-16)21-13-10-17-8-4-5-12-20(17)2/h6-7,9,14,17,19H,3-5,8,10-13,15H2,1-2H3. The van der Waals surface area contributed by atoms with Gasteiger partial charge in [0.05, 0.1) is 0 Å². The first-order valence-electron chi connectivity index (χ1n) is 8.42. The lowest BCUT2D eigenvalue weighted by Crippen LogP contribution is -2.36. The van der Waals surface area contributed by atoms with Gasteiger partial charge in [0, 0.05) is 17.5 Å². The van der Waals surface area contributed by atoms with Crippen LogP contribution in [0, 0.1) is 0 Å². The summed E-state index contributed by atoms with van der Waals surface area (Å²) >= 11 is 2.02. The molecule has 3 heteroatoms. The molecule has 21 heavy (non-hydrogen) atoms. The lowest BCUT2D eigenvalue weighted by molar-refractivity contribution is 0.182. The molecule has 0 aliphatic carbocycles. The minimum Gasteiger partial charge on any atom is -0.313 e. The average Bonchev–Trinajstić information content (AvgIpc) is 2.50. The SMILES string of the molecule is CCCNCc1cccc(SCCC2CCCCN2C)c1. The Morgan fingerprint density at radius 2 is 2.24 bits per heavy atom. The summed E-state index contributed by atoms with van der Waals surface area (Å²) in [7, 11) is 2.29. The molecule has 0 amide bonds. The molecule has 0 bridgehead atoms. The number of rotatable bonds is 8. The van der Waals surface area contributed by atoms with Gasteiger partial charge >= 0.3 is 0 Å². The minimum atomic E-state index is 0.806. The van der Waals surface area contributed by atoms with Crippen LogP contribution in [0.5, 0.6) is 0 Å². The van der Waals surface area contributed by atoms with Gasteiger partial charge in [-0.1, -0.05) is 25.5 Å². The summed E-state index contributed by atoms with van der Waals surface area (Å²) in [4.78, 5) is 3.97. The van der Waals surface area contributed by atoms with Crippen LogP contribution in [0.2, 0.25) is 0 Å².